The van der Waals surface area contributed by atoms with Crippen LogP contribution >= 0.6 is 0 Å². The minimum absolute atomic E-state index is 0.106. The molecular weight excluding hydrogens is 452 g/mol. The molecule has 1 saturated carbocycles. The lowest BCUT2D eigenvalue weighted by Gasteiger charge is -2.38. The maximum atomic E-state index is 13.8. The van der Waals surface area contributed by atoms with E-state index in [0.29, 0.717) is 28.9 Å². The fraction of sp³-hybridized carbons (Fsp3) is 0.500. The number of carbonyl (C=O) groups is 3. The molecule has 0 spiro atoms. The van der Waals surface area contributed by atoms with Crippen LogP contribution in [0.4, 0.5) is 5.69 Å². The second-order valence-corrected chi connectivity index (χ2v) is 9.65. The van der Waals surface area contributed by atoms with Crippen molar-refractivity contribution in [3.63, 3.8) is 0 Å². The summed E-state index contributed by atoms with van der Waals surface area (Å²) >= 11 is 0. The largest absolute Gasteiger partial charge is 0.468 e. The summed E-state index contributed by atoms with van der Waals surface area (Å²) in [6.45, 7) is 5.18. The molecule has 2 aliphatic carbocycles. The molecule has 3 aliphatic rings. The van der Waals surface area contributed by atoms with Gasteiger partial charge in [-0.25, -0.2) is 4.79 Å². The standard InChI is InChI=1S/C26H30N2O7/c1-13-9-10-16(12-19(13)28(32)33)22-21(26(31)35-17-7-5-6-8-17)15(3)27-18-11-14(2)20(25(30)34-4)24(29)23(18)22/h9-10,12,14,17,20,22,27H,5-8,11H2,1-4H3/t14-,20-,22+/m0/s1. The van der Waals surface area contributed by atoms with Crippen LogP contribution < -0.4 is 5.32 Å². The molecule has 1 aliphatic heterocycles. The van der Waals surface area contributed by atoms with E-state index in [1.807, 2.05) is 0 Å². The second kappa shape index (κ2) is 9.64. The molecule has 0 saturated heterocycles. The number of nitro benzene ring substituents is 1. The summed E-state index contributed by atoms with van der Waals surface area (Å²) in [5.41, 5.74) is 2.45. The molecule has 1 aromatic rings. The van der Waals surface area contributed by atoms with E-state index in [9.17, 15) is 24.5 Å². The smallest absolute Gasteiger partial charge is 0.337 e. The summed E-state index contributed by atoms with van der Waals surface area (Å²) in [6.07, 6.45) is 3.72. The average molecular weight is 483 g/mol. The van der Waals surface area contributed by atoms with Crippen LogP contribution in [0.25, 0.3) is 0 Å². The van der Waals surface area contributed by atoms with E-state index in [-0.39, 0.29) is 28.9 Å². The van der Waals surface area contributed by atoms with Crippen molar-refractivity contribution >= 4 is 23.4 Å². The summed E-state index contributed by atoms with van der Waals surface area (Å²) in [7, 11) is 1.24. The fourth-order valence-electron chi connectivity index (χ4n) is 5.51. The summed E-state index contributed by atoms with van der Waals surface area (Å²) < 4.78 is 10.7. The fourth-order valence-corrected chi connectivity index (χ4v) is 5.51. The molecule has 4 rings (SSSR count). The van der Waals surface area contributed by atoms with Gasteiger partial charge in [-0.15, -0.1) is 0 Å². The van der Waals surface area contributed by atoms with E-state index in [0.717, 1.165) is 25.7 Å². The first kappa shape index (κ1) is 24.6. The van der Waals surface area contributed by atoms with Crippen LogP contribution in [-0.2, 0) is 23.9 Å². The number of allylic oxidation sites excluding steroid dienone is 3. The van der Waals surface area contributed by atoms with Crippen LogP contribution in [-0.4, -0.2) is 35.9 Å². The van der Waals surface area contributed by atoms with Crippen LogP contribution in [0.5, 0.6) is 0 Å². The Hall–Kier alpha value is -3.49. The SMILES string of the molecule is COC(=O)[C@@H]1C(=O)C2=C(C[C@@H]1C)NC(C)=C(C(=O)OC1CCCC1)[C@H]2c1ccc(C)c([N+](=O)[O-])c1. The highest BCUT2D eigenvalue weighted by atomic mass is 16.6. The molecule has 0 amide bonds. The first-order valence-electron chi connectivity index (χ1n) is 11.9. The van der Waals surface area contributed by atoms with E-state index in [2.05, 4.69) is 5.32 Å². The van der Waals surface area contributed by atoms with Gasteiger partial charge in [0, 0.05) is 34.5 Å². The molecule has 3 atom stereocenters. The Morgan fingerprint density at radius 3 is 2.49 bits per heavy atom. The van der Waals surface area contributed by atoms with Gasteiger partial charge in [-0.1, -0.05) is 19.1 Å². The first-order chi connectivity index (χ1) is 16.6. The van der Waals surface area contributed by atoms with Gasteiger partial charge < -0.3 is 14.8 Å². The normalized spacial score (nSPS) is 24.7. The van der Waals surface area contributed by atoms with Crippen molar-refractivity contribution in [1.29, 1.82) is 0 Å². The molecule has 1 heterocycles. The van der Waals surface area contributed by atoms with Crippen LogP contribution in [0, 0.1) is 28.9 Å². The van der Waals surface area contributed by atoms with Gasteiger partial charge in [-0.3, -0.25) is 19.7 Å². The Bertz CT molecular complexity index is 1160. The van der Waals surface area contributed by atoms with Gasteiger partial charge in [0.15, 0.2) is 5.78 Å². The summed E-state index contributed by atoms with van der Waals surface area (Å²) in [4.78, 5) is 51.0. The van der Waals surface area contributed by atoms with Crippen LogP contribution in [0.1, 0.15) is 63.0 Å². The molecule has 1 fully saturated rings. The molecular formula is C26H30N2O7. The zero-order valence-electron chi connectivity index (χ0n) is 20.4. The lowest BCUT2D eigenvalue weighted by molar-refractivity contribution is -0.385. The van der Waals surface area contributed by atoms with Crippen molar-refractivity contribution in [2.24, 2.45) is 11.8 Å². The van der Waals surface area contributed by atoms with Gasteiger partial charge in [-0.2, -0.15) is 0 Å². The molecule has 0 bridgehead atoms. The van der Waals surface area contributed by atoms with Crippen molar-refractivity contribution in [2.45, 2.75) is 64.9 Å². The third-order valence-electron chi connectivity index (χ3n) is 7.30. The van der Waals surface area contributed by atoms with Gasteiger partial charge in [0.2, 0.25) is 0 Å². The van der Waals surface area contributed by atoms with E-state index in [1.165, 1.54) is 13.2 Å². The number of aryl methyl sites for hydroxylation is 1. The number of hydrogen-bond donors (Lipinski definition) is 1. The second-order valence-electron chi connectivity index (χ2n) is 9.65. The van der Waals surface area contributed by atoms with Gasteiger partial charge in [0.05, 0.1) is 17.6 Å². The predicted octanol–water partition coefficient (Wildman–Crippen LogP) is 4.00. The number of carbonyl (C=O) groups excluding carboxylic acids is 3. The number of Topliss-reactive ketones (excluding diaryl/α,β-unsaturated/α-hetero) is 1. The number of ether oxygens (including phenoxy) is 2. The van der Waals surface area contributed by atoms with Crippen molar-refractivity contribution in [3.8, 4) is 0 Å². The van der Waals surface area contributed by atoms with E-state index in [1.54, 1.807) is 32.9 Å². The van der Waals surface area contributed by atoms with Crippen molar-refractivity contribution in [2.75, 3.05) is 7.11 Å². The highest BCUT2D eigenvalue weighted by Crippen LogP contribution is 2.46. The van der Waals surface area contributed by atoms with Crippen LogP contribution in [0.2, 0.25) is 0 Å². The Morgan fingerprint density at radius 2 is 1.86 bits per heavy atom. The number of dihydropyridines is 1. The third-order valence-corrected chi connectivity index (χ3v) is 7.30. The lowest BCUT2D eigenvalue weighted by atomic mass is 9.69. The monoisotopic (exact) mass is 482 g/mol. The van der Waals surface area contributed by atoms with Crippen molar-refractivity contribution in [3.05, 3.63) is 62.0 Å². The number of rotatable bonds is 5. The maximum Gasteiger partial charge on any atom is 0.337 e. The van der Waals surface area contributed by atoms with E-state index in [4.69, 9.17) is 9.47 Å². The maximum absolute atomic E-state index is 13.8. The average Bonchev–Trinajstić information content (AvgIpc) is 3.31. The number of esters is 2. The number of methoxy groups -OCH3 is 1. The highest BCUT2D eigenvalue weighted by molar-refractivity contribution is 6.12. The molecule has 186 valence electrons. The van der Waals surface area contributed by atoms with Crippen molar-refractivity contribution < 1.29 is 28.8 Å². The number of nitrogens with one attached hydrogen (secondary N) is 1. The molecule has 1 N–H and O–H groups in total. The van der Waals surface area contributed by atoms with Crippen LogP contribution in [0.15, 0.2) is 40.7 Å². The quantitative estimate of drug-likeness (QED) is 0.289. The molecule has 0 radical (unpaired) electrons. The Balaban J connectivity index is 1.86. The molecule has 0 aromatic heterocycles. The van der Waals surface area contributed by atoms with E-state index < -0.39 is 34.5 Å². The number of hydrogen-bond acceptors (Lipinski definition) is 8. The topological polar surface area (TPSA) is 125 Å². The Morgan fingerprint density at radius 1 is 1.17 bits per heavy atom. The van der Waals surface area contributed by atoms with Crippen molar-refractivity contribution in [1.82, 2.24) is 5.32 Å². The Labute approximate surface area is 203 Å². The number of benzene rings is 1. The predicted molar refractivity (Wildman–Crippen MR) is 126 cm³/mol. The van der Waals surface area contributed by atoms with E-state index >= 15 is 0 Å². The zero-order chi connectivity index (χ0) is 25.4. The Kier molecular flexibility index (Phi) is 6.78. The van der Waals surface area contributed by atoms with Gasteiger partial charge in [0.1, 0.15) is 12.0 Å². The van der Waals surface area contributed by atoms with Gasteiger partial charge in [0.25, 0.3) is 5.69 Å². The summed E-state index contributed by atoms with van der Waals surface area (Å²) in [6, 6.07) is 4.71. The van der Waals surface area contributed by atoms with Crippen LogP contribution in [0.3, 0.4) is 0 Å². The molecule has 9 heteroatoms. The van der Waals surface area contributed by atoms with Gasteiger partial charge in [-0.05, 0) is 57.4 Å². The van der Waals surface area contributed by atoms with Gasteiger partial charge >= 0.3 is 11.9 Å². The first-order valence-corrected chi connectivity index (χ1v) is 11.9. The molecule has 0 unspecified atom stereocenters. The minimum atomic E-state index is -1.02. The summed E-state index contributed by atoms with van der Waals surface area (Å²) in [5, 5.41) is 14.9. The zero-order valence-corrected chi connectivity index (χ0v) is 20.4. The number of nitrogens with zero attached hydrogens (tertiary/aromatic N) is 1. The number of nitro groups is 1. The number of ketones is 1. The minimum Gasteiger partial charge on any atom is -0.468 e. The lowest BCUT2D eigenvalue weighted by Crippen LogP contribution is -2.43. The highest BCUT2D eigenvalue weighted by Gasteiger charge is 2.47. The molecule has 9 nitrogen and oxygen atoms in total. The molecule has 1 aromatic carbocycles. The molecule has 35 heavy (non-hydrogen) atoms. The summed E-state index contributed by atoms with van der Waals surface area (Å²) in [5.74, 6) is -3.86. The third kappa shape index (κ3) is 4.47.